The van der Waals surface area contributed by atoms with E-state index < -0.39 is 0 Å². The number of nitrogens with zero attached hydrogens (tertiary/aromatic N) is 1. The second-order valence-electron chi connectivity index (χ2n) is 5.51. The van der Waals surface area contributed by atoms with Crippen LogP contribution < -0.4 is 5.73 Å². The SMILES string of the molecule is CC1CCN(CC(C(=N)N)c2ccccc2)CC1O. The van der Waals surface area contributed by atoms with E-state index in [4.69, 9.17) is 11.1 Å². The third kappa shape index (κ3) is 3.55. The van der Waals surface area contributed by atoms with Gasteiger partial charge in [0.05, 0.1) is 17.9 Å². The number of amidine groups is 1. The lowest BCUT2D eigenvalue weighted by atomic mass is 9.93. The van der Waals surface area contributed by atoms with E-state index in [9.17, 15) is 5.11 Å². The largest absolute Gasteiger partial charge is 0.392 e. The third-order valence-corrected chi connectivity index (χ3v) is 4.02. The molecule has 1 saturated heterocycles. The summed E-state index contributed by atoms with van der Waals surface area (Å²) in [6, 6.07) is 9.92. The summed E-state index contributed by atoms with van der Waals surface area (Å²) < 4.78 is 0. The molecule has 1 aromatic carbocycles. The Hall–Kier alpha value is -1.39. The molecule has 0 spiro atoms. The molecule has 0 saturated carbocycles. The molecule has 2 rings (SSSR count). The highest BCUT2D eigenvalue weighted by atomic mass is 16.3. The summed E-state index contributed by atoms with van der Waals surface area (Å²) in [5.74, 6) is 0.477. The van der Waals surface area contributed by atoms with Crippen molar-refractivity contribution in [3.8, 4) is 0 Å². The van der Waals surface area contributed by atoms with Gasteiger partial charge in [0.1, 0.15) is 0 Å². The molecule has 0 amide bonds. The van der Waals surface area contributed by atoms with Crippen molar-refractivity contribution in [2.24, 2.45) is 11.7 Å². The van der Waals surface area contributed by atoms with Gasteiger partial charge in [-0.1, -0.05) is 37.3 Å². The number of β-amino-alcohol motifs (C(OH)–C–C–N with tert-alkyl or cyclic N) is 1. The lowest BCUT2D eigenvalue weighted by molar-refractivity contribution is 0.0288. The second-order valence-corrected chi connectivity index (χ2v) is 5.51. The van der Waals surface area contributed by atoms with Crippen LogP contribution in [0.3, 0.4) is 0 Å². The van der Waals surface area contributed by atoms with E-state index in [1.807, 2.05) is 30.3 Å². The molecule has 4 N–H and O–H groups in total. The molecule has 0 radical (unpaired) electrons. The zero-order valence-corrected chi connectivity index (χ0v) is 11.4. The number of benzene rings is 1. The first-order valence-electron chi connectivity index (χ1n) is 6.87. The van der Waals surface area contributed by atoms with Gasteiger partial charge in [-0.25, -0.2) is 0 Å². The monoisotopic (exact) mass is 261 g/mol. The Morgan fingerprint density at radius 2 is 2.16 bits per heavy atom. The topological polar surface area (TPSA) is 73.3 Å². The summed E-state index contributed by atoms with van der Waals surface area (Å²) in [5, 5.41) is 17.7. The maximum absolute atomic E-state index is 9.94. The van der Waals surface area contributed by atoms with E-state index in [0.717, 1.165) is 18.5 Å². The molecule has 19 heavy (non-hydrogen) atoms. The number of hydrogen-bond donors (Lipinski definition) is 3. The molecule has 0 aliphatic carbocycles. The minimum Gasteiger partial charge on any atom is -0.392 e. The Morgan fingerprint density at radius 3 is 2.74 bits per heavy atom. The first-order valence-corrected chi connectivity index (χ1v) is 6.87. The van der Waals surface area contributed by atoms with Crippen LogP contribution in [0.4, 0.5) is 0 Å². The van der Waals surface area contributed by atoms with E-state index in [0.29, 0.717) is 19.0 Å². The molecule has 104 valence electrons. The molecule has 4 nitrogen and oxygen atoms in total. The highest BCUT2D eigenvalue weighted by Crippen LogP contribution is 2.22. The van der Waals surface area contributed by atoms with Gasteiger partial charge in [0.15, 0.2) is 0 Å². The van der Waals surface area contributed by atoms with Gasteiger partial charge < -0.3 is 10.8 Å². The number of aliphatic hydroxyl groups is 1. The fourth-order valence-corrected chi connectivity index (χ4v) is 2.61. The minimum absolute atomic E-state index is 0.0817. The van der Waals surface area contributed by atoms with Crippen LogP contribution in [-0.4, -0.2) is 41.6 Å². The second kappa shape index (κ2) is 6.17. The summed E-state index contributed by atoms with van der Waals surface area (Å²) in [5.41, 5.74) is 6.81. The van der Waals surface area contributed by atoms with Gasteiger partial charge in [0.2, 0.25) is 0 Å². The molecule has 4 heteroatoms. The van der Waals surface area contributed by atoms with Crippen molar-refractivity contribution in [1.29, 1.82) is 5.41 Å². The number of hydrogen-bond acceptors (Lipinski definition) is 3. The van der Waals surface area contributed by atoms with Crippen molar-refractivity contribution < 1.29 is 5.11 Å². The minimum atomic E-state index is -0.267. The Balaban J connectivity index is 2.04. The fraction of sp³-hybridized carbons (Fsp3) is 0.533. The van der Waals surface area contributed by atoms with Crippen LogP contribution in [0.5, 0.6) is 0 Å². The van der Waals surface area contributed by atoms with Crippen molar-refractivity contribution >= 4 is 5.84 Å². The Labute approximate surface area is 114 Å². The maximum Gasteiger partial charge on any atom is 0.0995 e. The molecule has 1 fully saturated rings. The van der Waals surface area contributed by atoms with Gasteiger partial charge >= 0.3 is 0 Å². The van der Waals surface area contributed by atoms with Crippen LogP contribution in [0.2, 0.25) is 0 Å². The third-order valence-electron chi connectivity index (χ3n) is 4.02. The summed E-state index contributed by atoms with van der Waals surface area (Å²) in [4.78, 5) is 2.21. The van der Waals surface area contributed by atoms with Crippen LogP contribution in [-0.2, 0) is 0 Å². The smallest absolute Gasteiger partial charge is 0.0995 e. The fourth-order valence-electron chi connectivity index (χ4n) is 2.61. The van der Waals surface area contributed by atoms with Crippen molar-refractivity contribution in [2.75, 3.05) is 19.6 Å². The van der Waals surface area contributed by atoms with Crippen LogP contribution in [0.15, 0.2) is 30.3 Å². The predicted molar refractivity (Wildman–Crippen MR) is 77.3 cm³/mol. The first kappa shape index (κ1) is 14.0. The molecule has 0 bridgehead atoms. The zero-order valence-electron chi connectivity index (χ0n) is 11.4. The van der Waals surface area contributed by atoms with Crippen molar-refractivity contribution in [1.82, 2.24) is 4.90 Å². The molecule has 1 aliphatic heterocycles. The molecule has 3 unspecified atom stereocenters. The van der Waals surface area contributed by atoms with E-state index in [1.54, 1.807) is 0 Å². The molecular formula is C15H23N3O. The van der Waals surface area contributed by atoms with Gasteiger partial charge in [-0.3, -0.25) is 10.3 Å². The van der Waals surface area contributed by atoms with Crippen molar-refractivity contribution in [3.05, 3.63) is 35.9 Å². The summed E-state index contributed by atoms with van der Waals surface area (Å²) >= 11 is 0. The van der Waals surface area contributed by atoms with Gasteiger partial charge in [0, 0.05) is 13.1 Å². The molecule has 0 aromatic heterocycles. The first-order chi connectivity index (χ1) is 9.08. The standard InChI is InChI=1S/C15H23N3O/c1-11-7-8-18(10-14(11)19)9-13(15(16)17)12-5-3-2-4-6-12/h2-6,11,13-14,19H,7-10H2,1H3,(H3,16,17). The van der Waals surface area contributed by atoms with E-state index in [1.165, 1.54) is 0 Å². The predicted octanol–water partition coefficient (Wildman–Crippen LogP) is 1.41. The molecule has 1 aromatic rings. The lowest BCUT2D eigenvalue weighted by Crippen LogP contribution is -2.45. The maximum atomic E-state index is 9.94. The van der Waals surface area contributed by atoms with Crippen LogP contribution in [0.1, 0.15) is 24.8 Å². The van der Waals surface area contributed by atoms with Gasteiger partial charge in [-0.2, -0.15) is 0 Å². The average Bonchev–Trinajstić information content (AvgIpc) is 2.40. The van der Waals surface area contributed by atoms with E-state index >= 15 is 0 Å². The number of likely N-dealkylation sites (tertiary alicyclic amines) is 1. The quantitative estimate of drug-likeness (QED) is 0.567. The molecule has 3 atom stereocenters. The number of rotatable bonds is 4. The lowest BCUT2D eigenvalue weighted by Gasteiger charge is -2.36. The summed E-state index contributed by atoms with van der Waals surface area (Å²) in [6.07, 6.45) is 0.734. The van der Waals surface area contributed by atoms with E-state index in [2.05, 4.69) is 11.8 Å². The molecule has 1 heterocycles. The average molecular weight is 261 g/mol. The molecular weight excluding hydrogens is 238 g/mol. The number of nitrogens with two attached hydrogens (primary N) is 1. The van der Waals surface area contributed by atoms with Crippen molar-refractivity contribution in [2.45, 2.75) is 25.4 Å². The normalized spacial score (nSPS) is 26.0. The number of nitrogens with one attached hydrogen (secondary N) is 1. The van der Waals surface area contributed by atoms with E-state index in [-0.39, 0.29) is 17.9 Å². The highest BCUT2D eigenvalue weighted by molar-refractivity contribution is 5.84. The number of piperidine rings is 1. The van der Waals surface area contributed by atoms with Crippen LogP contribution in [0, 0.1) is 11.3 Å². The van der Waals surface area contributed by atoms with Crippen LogP contribution in [0.25, 0.3) is 0 Å². The zero-order chi connectivity index (χ0) is 13.8. The van der Waals surface area contributed by atoms with Gasteiger partial charge in [-0.05, 0) is 24.4 Å². The van der Waals surface area contributed by atoms with Gasteiger partial charge in [0.25, 0.3) is 0 Å². The Kier molecular flexibility index (Phi) is 4.56. The van der Waals surface area contributed by atoms with Crippen molar-refractivity contribution in [3.63, 3.8) is 0 Å². The summed E-state index contributed by atoms with van der Waals surface area (Å²) in [7, 11) is 0. The van der Waals surface area contributed by atoms with Crippen LogP contribution >= 0.6 is 0 Å². The Morgan fingerprint density at radius 1 is 1.47 bits per heavy atom. The van der Waals surface area contributed by atoms with Gasteiger partial charge in [-0.15, -0.1) is 0 Å². The number of aliphatic hydroxyl groups excluding tert-OH is 1. The highest BCUT2D eigenvalue weighted by Gasteiger charge is 2.27. The Bertz CT molecular complexity index is 421. The summed E-state index contributed by atoms with van der Waals surface area (Å²) in [6.45, 7) is 4.44. The molecule has 1 aliphatic rings.